The maximum Gasteiger partial charge on any atom is 0.00586 e. The molecule has 0 atom stereocenters. The molecule has 0 aliphatic heterocycles. The minimum atomic E-state index is 0. The Morgan fingerprint density at radius 1 is 1.18 bits per heavy atom. The van der Waals surface area contributed by atoms with Crippen molar-refractivity contribution >= 4 is 24.2 Å². The number of thioether (sulfide) groups is 1. The highest BCUT2D eigenvalue weighted by molar-refractivity contribution is 7.99. The van der Waals surface area contributed by atoms with Crippen molar-refractivity contribution in [3.63, 3.8) is 0 Å². The number of rotatable bonds is 3. The van der Waals surface area contributed by atoms with Gasteiger partial charge in [0.25, 0.3) is 0 Å². The normalized spacial score (nSPS) is 19.4. The van der Waals surface area contributed by atoms with E-state index in [1.165, 1.54) is 32.1 Å². The molecule has 0 aromatic rings. The van der Waals surface area contributed by atoms with Crippen molar-refractivity contribution < 1.29 is 0 Å². The summed E-state index contributed by atoms with van der Waals surface area (Å²) in [7, 11) is 0. The van der Waals surface area contributed by atoms with E-state index in [1.807, 2.05) is 0 Å². The van der Waals surface area contributed by atoms with Crippen LogP contribution in [0.15, 0.2) is 0 Å². The average Bonchev–Trinajstić information content (AvgIpc) is 2.03. The highest BCUT2D eigenvalue weighted by atomic mass is 35.5. The molecule has 68 valence electrons. The number of hydrogen-bond donors (Lipinski definition) is 1. The Morgan fingerprint density at radius 2 is 1.82 bits per heavy atom. The Labute approximate surface area is 79.9 Å². The predicted octanol–water partition coefficient (Wildman–Crippen LogP) is 2.43. The number of hydrogen-bond acceptors (Lipinski definition) is 2. The maximum atomic E-state index is 5.42. The van der Waals surface area contributed by atoms with Gasteiger partial charge in [-0.15, -0.1) is 12.4 Å². The summed E-state index contributed by atoms with van der Waals surface area (Å²) < 4.78 is 0. The van der Waals surface area contributed by atoms with E-state index in [0.717, 1.165) is 17.5 Å². The van der Waals surface area contributed by atoms with Crippen LogP contribution in [0.2, 0.25) is 0 Å². The van der Waals surface area contributed by atoms with Crippen LogP contribution < -0.4 is 5.73 Å². The molecule has 0 saturated heterocycles. The third-order valence-corrected chi connectivity index (χ3v) is 3.44. The van der Waals surface area contributed by atoms with Crippen LogP contribution in [0.5, 0.6) is 0 Å². The predicted molar refractivity (Wildman–Crippen MR) is 55.6 cm³/mol. The molecule has 1 aliphatic carbocycles. The molecular formula is C8H18ClNS. The molecule has 3 heteroatoms. The monoisotopic (exact) mass is 195 g/mol. The number of nitrogens with two attached hydrogens (primary N) is 1. The van der Waals surface area contributed by atoms with Gasteiger partial charge in [0.15, 0.2) is 0 Å². The van der Waals surface area contributed by atoms with E-state index in [9.17, 15) is 0 Å². The maximum absolute atomic E-state index is 5.42. The second-order valence-electron chi connectivity index (χ2n) is 2.92. The molecule has 1 nitrogen and oxygen atoms in total. The van der Waals surface area contributed by atoms with Crippen molar-refractivity contribution in [1.29, 1.82) is 0 Å². The van der Waals surface area contributed by atoms with E-state index in [0.29, 0.717) is 0 Å². The lowest BCUT2D eigenvalue weighted by molar-refractivity contribution is 0.516. The van der Waals surface area contributed by atoms with Crippen LogP contribution in [0.1, 0.15) is 32.1 Å². The van der Waals surface area contributed by atoms with E-state index in [1.54, 1.807) is 0 Å². The van der Waals surface area contributed by atoms with Gasteiger partial charge in [-0.25, -0.2) is 0 Å². The second kappa shape index (κ2) is 7.26. The highest BCUT2D eigenvalue weighted by Gasteiger charge is 2.12. The molecule has 0 aromatic carbocycles. The third-order valence-electron chi connectivity index (χ3n) is 2.02. The lowest BCUT2D eigenvalue weighted by atomic mass is 10.0. The summed E-state index contributed by atoms with van der Waals surface area (Å²) >= 11 is 2.07. The van der Waals surface area contributed by atoms with Crippen molar-refractivity contribution in [2.45, 2.75) is 37.4 Å². The Bertz CT molecular complexity index is 84.2. The molecule has 0 aromatic heterocycles. The van der Waals surface area contributed by atoms with Gasteiger partial charge in [0.2, 0.25) is 0 Å². The zero-order chi connectivity index (χ0) is 7.23. The van der Waals surface area contributed by atoms with Crippen LogP contribution in [-0.2, 0) is 0 Å². The van der Waals surface area contributed by atoms with Gasteiger partial charge in [0.05, 0.1) is 0 Å². The van der Waals surface area contributed by atoms with Crippen LogP contribution in [0.4, 0.5) is 0 Å². The zero-order valence-electron chi connectivity index (χ0n) is 6.92. The fourth-order valence-electron chi connectivity index (χ4n) is 1.47. The van der Waals surface area contributed by atoms with Crippen LogP contribution in [0, 0.1) is 0 Å². The Hall–Kier alpha value is 0.600. The molecule has 1 aliphatic rings. The van der Waals surface area contributed by atoms with Gasteiger partial charge in [-0.2, -0.15) is 11.8 Å². The first-order chi connectivity index (χ1) is 4.93. The molecule has 11 heavy (non-hydrogen) atoms. The van der Waals surface area contributed by atoms with Crippen LogP contribution >= 0.6 is 24.2 Å². The first-order valence-corrected chi connectivity index (χ1v) is 5.30. The van der Waals surface area contributed by atoms with E-state index < -0.39 is 0 Å². The summed E-state index contributed by atoms with van der Waals surface area (Å²) in [5.74, 6) is 1.16. The van der Waals surface area contributed by atoms with Crippen molar-refractivity contribution in [3.8, 4) is 0 Å². The van der Waals surface area contributed by atoms with E-state index >= 15 is 0 Å². The van der Waals surface area contributed by atoms with Gasteiger partial charge in [-0.3, -0.25) is 0 Å². The van der Waals surface area contributed by atoms with Crippen molar-refractivity contribution in [2.75, 3.05) is 12.3 Å². The van der Waals surface area contributed by atoms with Crippen LogP contribution in [0.25, 0.3) is 0 Å². The summed E-state index contributed by atoms with van der Waals surface area (Å²) in [6, 6.07) is 0. The van der Waals surface area contributed by atoms with Gasteiger partial charge >= 0.3 is 0 Å². The smallest absolute Gasteiger partial charge is 0.00586 e. The molecule has 0 heterocycles. The van der Waals surface area contributed by atoms with Gasteiger partial charge < -0.3 is 5.73 Å². The van der Waals surface area contributed by atoms with Crippen molar-refractivity contribution in [1.82, 2.24) is 0 Å². The lowest BCUT2D eigenvalue weighted by Crippen LogP contribution is -2.11. The summed E-state index contributed by atoms with van der Waals surface area (Å²) in [4.78, 5) is 0. The van der Waals surface area contributed by atoms with Crippen molar-refractivity contribution in [3.05, 3.63) is 0 Å². The van der Waals surface area contributed by atoms with Gasteiger partial charge in [-0.1, -0.05) is 19.3 Å². The first kappa shape index (κ1) is 11.6. The Balaban J connectivity index is 0.000001000. The van der Waals surface area contributed by atoms with Crippen LogP contribution in [-0.4, -0.2) is 17.5 Å². The highest BCUT2D eigenvalue weighted by Crippen LogP contribution is 2.27. The Kier molecular flexibility index (Phi) is 7.66. The first-order valence-electron chi connectivity index (χ1n) is 4.25. The number of halogens is 1. The fraction of sp³-hybridized carbons (Fsp3) is 1.00. The topological polar surface area (TPSA) is 26.0 Å². The van der Waals surface area contributed by atoms with E-state index in [4.69, 9.17) is 5.73 Å². The van der Waals surface area contributed by atoms with Crippen molar-refractivity contribution in [2.24, 2.45) is 5.73 Å². The molecule has 0 spiro atoms. The summed E-state index contributed by atoms with van der Waals surface area (Å²) in [5, 5.41) is 0.942. The van der Waals surface area contributed by atoms with E-state index in [-0.39, 0.29) is 12.4 Å². The molecule has 0 unspecified atom stereocenters. The molecule has 0 radical (unpaired) electrons. The molecule has 2 N–H and O–H groups in total. The molecule has 0 bridgehead atoms. The summed E-state index contributed by atoms with van der Waals surface area (Å²) in [6.45, 7) is 0.848. The average molecular weight is 196 g/mol. The summed E-state index contributed by atoms with van der Waals surface area (Å²) in [5.41, 5.74) is 5.42. The van der Waals surface area contributed by atoms with E-state index in [2.05, 4.69) is 11.8 Å². The second-order valence-corrected chi connectivity index (χ2v) is 4.33. The largest absolute Gasteiger partial charge is 0.330 e. The minimum absolute atomic E-state index is 0. The molecule has 1 rings (SSSR count). The zero-order valence-corrected chi connectivity index (χ0v) is 8.55. The van der Waals surface area contributed by atoms with Gasteiger partial charge in [-0.05, 0) is 12.8 Å². The Morgan fingerprint density at radius 3 is 2.36 bits per heavy atom. The van der Waals surface area contributed by atoms with Crippen LogP contribution in [0.3, 0.4) is 0 Å². The summed E-state index contributed by atoms with van der Waals surface area (Å²) in [6.07, 6.45) is 7.22. The molecule has 0 amide bonds. The molecule has 1 saturated carbocycles. The fourth-order valence-corrected chi connectivity index (χ4v) is 2.60. The van der Waals surface area contributed by atoms with Gasteiger partial charge in [0, 0.05) is 17.5 Å². The van der Waals surface area contributed by atoms with Gasteiger partial charge in [0.1, 0.15) is 0 Å². The minimum Gasteiger partial charge on any atom is -0.330 e. The quantitative estimate of drug-likeness (QED) is 0.749. The standard InChI is InChI=1S/C8H17NS.ClH/c9-6-7-10-8-4-2-1-3-5-8;/h8H,1-7,9H2;1H. The third kappa shape index (κ3) is 4.94. The molecule has 1 fully saturated rings. The molecular weight excluding hydrogens is 178 g/mol. The lowest BCUT2D eigenvalue weighted by Gasteiger charge is -2.20. The SMILES string of the molecule is Cl.NCCSC1CCCCC1.